The number of nitrogens with one attached hydrogen (secondary N) is 1. The summed E-state index contributed by atoms with van der Waals surface area (Å²) in [7, 11) is 0. The molecule has 2 atom stereocenters. The quantitative estimate of drug-likeness (QED) is 0.650. The van der Waals surface area contributed by atoms with Crippen molar-refractivity contribution in [2.24, 2.45) is 17.6 Å². The monoisotopic (exact) mass is 414 g/mol. The molecule has 3 rings (SSSR count). The Morgan fingerprint density at radius 2 is 1.97 bits per heavy atom. The molecule has 2 aliphatic rings. The van der Waals surface area contributed by atoms with Crippen LogP contribution in [-0.2, 0) is 16.1 Å². The van der Waals surface area contributed by atoms with E-state index in [1.54, 1.807) is 0 Å². The van der Waals surface area contributed by atoms with Crippen LogP contribution in [0.1, 0.15) is 50.7 Å². The molecular formula is C24H38N4O2. The molecule has 0 aromatic heterocycles. The molecule has 30 heavy (non-hydrogen) atoms. The first-order valence-electron chi connectivity index (χ1n) is 11.5. The molecule has 2 amide bonds. The average molecular weight is 415 g/mol. The van der Waals surface area contributed by atoms with E-state index in [0.29, 0.717) is 32.0 Å². The van der Waals surface area contributed by atoms with E-state index in [1.807, 2.05) is 4.90 Å². The molecule has 2 fully saturated rings. The van der Waals surface area contributed by atoms with Crippen molar-refractivity contribution in [1.29, 1.82) is 0 Å². The third kappa shape index (κ3) is 5.82. The summed E-state index contributed by atoms with van der Waals surface area (Å²) < 4.78 is 0. The molecule has 6 heteroatoms. The Morgan fingerprint density at radius 1 is 1.23 bits per heavy atom. The van der Waals surface area contributed by atoms with Crippen LogP contribution in [0.25, 0.3) is 0 Å². The maximum Gasteiger partial charge on any atom is 0.242 e. The molecule has 0 spiro atoms. The van der Waals surface area contributed by atoms with E-state index in [9.17, 15) is 9.59 Å². The van der Waals surface area contributed by atoms with Crippen molar-refractivity contribution < 1.29 is 9.59 Å². The summed E-state index contributed by atoms with van der Waals surface area (Å²) in [6, 6.07) is 8.41. The zero-order valence-electron chi connectivity index (χ0n) is 18.8. The van der Waals surface area contributed by atoms with Crippen molar-refractivity contribution in [1.82, 2.24) is 15.1 Å². The number of hydrogen-bond acceptors (Lipinski definition) is 4. The number of nitrogens with two attached hydrogens (primary N) is 1. The summed E-state index contributed by atoms with van der Waals surface area (Å²) in [6.07, 6.45) is 3.52. The number of likely N-dealkylation sites (tertiary alicyclic amines) is 1. The van der Waals surface area contributed by atoms with Gasteiger partial charge in [-0.2, -0.15) is 0 Å². The maximum absolute atomic E-state index is 12.9. The fourth-order valence-electron chi connectivity index (χ4n) is 4.49. The number of nitrogens with zero attached hydrogens (tertiary/aromatic N) is 2. The van der Waals surface area contributed by atoms with Gasteiger partial charge in [0.25, 0.3) is 0 Å². The van der Waals surface area contributed by atoms with Crippen LogP contribution in [0.5, 0.6) is 0 Å². The lowest BCUT2D eigenvalue weighted by molar-refractivity contribution is -0.144. The molecule has 1 aromatic rings. The van der Waals surface area contributed by atoms with Crippen LogP contribution in [0.2, 0.25) is 0 Å². The summed E-state index contributed by atoms with van der Waals surface area (Å²) in [4.78, 5) is 30.2. The molecule has 1 saturated carbocycles. The number of hydrogen-bond donors (Lipinski definition) is 2. The normalized spacial score (nSPS) is 21.9. The molecule has 0 bridgehead atoms. The van der Waals surface area contributed by atoms with Gasteiger partial charge in [0.05, 0.1) is 0 Å². The number of amides is 2. The summed E-state index contributed by atoms with van der Waals surface area (Å²) in [5.74, 6) is 0.768. The van der Waals surface area contributed by atoms with Crippen molar-refractivity contribution in [3.8, 4) is 0 Å². The van der Waals surface area contributed by atoms with Gasteiger partial charge in [-0.3, -0.25) is 14.5 Å². The average Bonchev–Trinajstić information content (AvgIpc) is 3.57. The van der Waals surface area contributed by atoms with Crippen LogP contribution in [0.3, 0.4) is 0 Å². The van der Waals surface area contributed by atoms with Gasteiger partial charge in [-0.1, -0.05) is 38.1 Å². The zero-order valence-corrected chi connectivity index (χ0v) is 18.8. The number of rotatable bonds is 9. The molecule has 166 valence electrons. The first-order valence-corrected chi connectivity index (χ1v) is 11.5. The lowest BCUT2D eigenvalue weighted by atomic mass is 9.93. The van der Waals surface area contributed by atoms with Gasteiger partial charge in [-0.25, -0.2) is 0 Å². The molecule has 0 radical (unpaired) electrons. The van der Waals surface area contributed by atoms with Gasteiger partial charge >= 0.3 is 0 Å². The lowest BCUT2D eigenvalue weighted by Crippen LogP contribution is -2.58. The van der Waals surface area contributed by atoms with E-state index in [2.05, 4.69) is 55.3 Å². The standard InChI is InChI=1S/C24H38N4O2/c1-17(2)15-27(16-20-7-5-4-6-18(20)3)21-10-13-28(24(30)19-8-9-19)22(14-21)23(29)26-12-11-25/h4-7,17,19,21-22H,8-16,25H2,1-3H3,(H,26,29)/t21?,22-/m1/s1. The van der Waals surface area contributed by atoms with E-state index < -0.39 is 6.04 Å². The van der Waals surface area contributed by atoms with Gasteiger partial charge in [-0.05, 0) is 49.7 Å². The van der Waals surface area contributed by atoms with Crippen molar-refractivity contribution in [3.63, 3.8) is 0 Å². The number of aryl methyl sites for hydroxylation is 1. The Kier molecular flexibility index (Phi) is 7.89. The van der Waals surface area contributed by atoms with Crippen molar-refractivity contribution >= 4 is 11.8 Å². The van der Waals surface area contributed by atoms with Crippen LogP contribution in [0, 0.1) is 18.8 Å². The van der Waals surface area contributed by atoms with Crippen LogP contribution >= 0.6 is 0 Å². The molecule has 6 nitrogen and oxygen atoms in total. The Balaban J connectivity index is 1.77. The molecule has 1 aliphatic heterocycles. The minimum Gasteiger partial charge on any atom is -0.353 e. The Hall–Kier alpha value is -1.92. The van der Waals surface area contributed by atoms with E-state index >= 15 is 0 Å². The SMILES string of the molecule is Cc1ccccc1CN(CC(C)C)C1CCN(C(=O)C2CC2)[C@@H](C(=O)NCCN)C1. The minimum absolute atomic E-state index is 0.0560. The van der Waals surface area contributed by atoms with Gasteiger partial charge in [0.15, 0.2) is 0 Å². The van der Waals surface area contributed by atoms with Crippen molar-refractivity contribution in [3.05, 3.63) is 35.4 Å². The van der Waals surface area contributed by atoms with Crippen LogP contribution in [-0.4, -0.2) is 59.9 Å². The van der Waals surface area contributed by atoms with Crippen molar-refractivity contribution in [2.75, 3.05) is 26.2 Å². The van der Waals surface area contributed by atoms with Gasteiger partial charge in [0, 0.05) is 44.7 Å². The number of carbonyl (C=O) groups excluding carboxylic acids is 2. The molecule has 3 N–H and O–H groups in total. The van der Waals surface area contributed by atoms with E-state index in [1.165, 1.54) is 11.1 Å². The zero-order chi connectivity index (χ0) is 21.7. The fraction of sp³-hybridized carbons (Fsp3) is 0.667. The van der Waals surface area contributed by atoms with Crippen molar-refractivity contribution in [2.45, 2.75) is 65.1 Å². The van der Waals surface area contributed by atoms with Gasteiger partial charge in [0.2, 0.25) is 11.8 Å². The topological polar surface area (TPSA) is 78.7 Å². The summed E-state index contributed by atoms with van der Waals surface area (Å²) in [5, 5.41) is 2.93. The molecule has 1 saturated heterocycles. The Labute approximate surface area is 181 Å². The van der Waals surface area contributed by atoms with Crippen LogP contribution < -0.4 is 11.1 Å². The third-order valence-corrected chi connectivity index (χ3v) is 6.28. The molecule has 1 heterocycles. The second-order valence-corrected chi connectivity index (χ2v) is 9.33. The molecule has 1 aliphatic carbocycles. The van der Waals surface area contributed by atoms with E-state index in [-0.39, 0.29) is 23.8 Å². The summed E-state index contributed by atoms with van der Waals surface area (Å²) >= 11 is 0. The predicted molar refractivity (Wildman–Crippen MR) is 120 cm³/mol. The highest BCUT2D eigenvalue weighted by atomic mass is 16.2. The highest BCUT2D eigenvalue weighted by Crippen LogP contribution is 2.34. The first-order chi connectivity index (χ1) is 14.4. The lowest BCUT2D eigenvalue weighted by Gasteiger charge is -2.43. The number of benzene rings is 1. The largest absolute Gasteiger partial charge is 0.353 e. The number of carbonyl (C=O) groups is 2. The molecular weight excluding hydrogens is 376 g/mol. The van der Waals surface area contributed by atoms with E-state index in [0.717, 1.165) is 32.4 Å². The second-order valence-electron chi connectivity index (χ2n) is 9.33. The fourth-order valence-corrected chi connectivity index (χ4v) is 4.49. The second kappa shape index (κ2) is 10.4. The smallest absolute Gasteiger partial charge is 0.242 e. The summed E-state index contributed by atoms with van der Waals surface area (Å²) in [6.45, 7) is 10.0. The molecule has 1 unspecified atom stereocenters. The first kappa shape index (κ1) is 22.8. The predicted octanol–water partition coefficient (Wildman–Crippen LogP) is 2.30. The minimum atomic E-state index is -0.394. The van der Waals surface area contributed by atoms with Gasteiger partial charge in [-0.15, -0.1) is 0 Å². The Bertz CT molecular complexity index is 732. The third-order valence-electron chi connectivity index (χ3n) is 6.28. The Morgan fingerprint density at radius 3 is 2.60 bits per heavy atom. The van der Waals surface area contributed by atoms with Gasteiger partial charge in [0.1, 0.15) is 6.04 Å². The number of piperidine rings is 1. The van der Waals surface area contributed by atoms with Crippen LogP contribution in [0.4, 0.5) is 0 Å². The van der Waals surface area contributed by atoms with Gasteiger partial charge < -0.3 is 16.0 Å². The van der Waals surface area contributed by atoms with E-state index in [4.69, 9.17) is 5.73 Å². The maximum atomic E-state index is 12.9. The molecule has 1 aromatic carbocycles. The highest BCUT2D eigenvalue weighted by molar-refractivity contribution is 5.89. The van der Waals surface area contributed by atoms with Crippen LogP contribution in [0.15, 0.2) is 24.3 Å². The highest BCUT2D eigenvalue weighted by Gasteiger charge is 2.42. The summed E-state index contributed by atoms with van der Waals surface area (Å²) in [5.41, 5.74) is 8.21.